The maximum atomic E-state index is 13.3. The van der Waals surface area contributed by atoms with E-state index in [0.29, 0.717) is 22.7 Å². The molecule has 11 heteroatoms. The van der Waals surface area contributed by atoms with Crippen molar-refractivity contribution in [3.63, 3.8) is 0 Å². The zero-order valence-electron chi connectivity index (χ0n) is 19.5. The molecule has 2 amide bonds. The van der Waals surface area contributed by atoms with Crippen LogP contribution in [0.5, 0.6) is 17.2 Å². The fourth-order valence-electron chi connectivity index (χ4n) is 3.19. The minimum absolute atomic E-state index is 0.0878. The predicted molar refractivity (Wildman–Crippen MR) is 135 cm³/mol. The largest absolute Gasteiger partial charge is 0.497 e. The van der Waals surface area contributed by atoms with Crippen molar-refractivity contribution >= 4 is 40.9 Å². The number of ether oxygens (including phenoxy) is 3. The zero-order chi connectivity index (χ0) is 26.2. The van der Waals surface area contributed by atoms with E-state index < -0.39 is 16.7 Å². The van der Waals surface area contributed by atoms with E-state index in [9.17, 15) is 19.7 Å². The van der Waals surface area contributed by atoms with E-state index in [1.165, 1.54) is 57.7 Å². The third-order valence-electron chi connectivity index (χ3n) is 4.95. The molecule has 0 spiro atoms. The molecule has 3 rings (SSSR count). The van der Waals surface area contributed by atoms with Gasteiger partial charge in [0, 0.05) is 23.2 Å². The summed E-state index contributed by atoms with van der Waals surface area (Å²) in [6, 6.07) is 14.8. The standard InChI is InChI=1S/C25H22ClN3O7/c1-34-18-8-9-20(23(14-18)36-3)27-25(31)21(12-15-5-4-6-17(11-15)29(32)33)28-24(30)19-13-16(26)7-10-22(19)35-2/h4-14H,1-3H3,(H,27,31)(H,28,30)/b21-12-. The SMILES string of the molecule is COc1ccc(NC(=O)/C(=C/c2cccc([N+](=O)[O-])c2)NC(=O)c2cc(Cl)ccc2OC)c(OC)c1. The van der Waals surface area contributed by atoms with Gasteiger partial charge in [-0.2, -0.15) is 0 Å². The van der Waals surface area contributed by atoms with Gasteiger partial charge in [-0.25, -0.2) is 0 Å². The number of methoxy groups -OCH3 is 3. The number of hydrogen-bond acceptors (Lipinski definition) is 7. The number of nitro benzene ring substituents is 1. The van der Waals surface area contributed by atoms with Gasteiger partial charge in [-0.15, -0.1) is 0 Å². The Bertz CT molecular complexity index is 1340. The van der Waals surface area contributed by atoms with Crippen LogP contribution >= 0.6 is 11.6 Å². The molecule has 0 saturated carbocycles. The van der Waals surface area contributed by atoms with Gasteiger partial charge in [0.1, 0.15) is 22.9 Å². The van der Waals surface area contributed by atoms with E-state index in [0.717, 1.165) is 0 Å². The molecule has 0 fully saturated rings. The summed E-state index contributed by atoms with van der Waals surface area (Å²) in [6.07, 6.45) is 1.31. The summed E-state index contributed by atoms with van der Waals surface area (Å²) >= 11 is 6.04. The normalized spacial score (nSPS) is 10.8. The van der Waals surface area contributed by atoms with Crippen LogP contribution in [0.4, 0.5) is 11.4 Å². The number of anilines is 1. The Hall–Kier alpha value is -4.57. The lowest BCUT2D eigenvalue weighted by Crippen LogP contribution is -2.31. The highest BCUT2D eigenvalue weighted by molar-refractivity contribution is 6.31. The van der Waals surface area contributed by atoms with E-state index in [2.05, 4.69) is 10.6 Å². The van der Waals surface area contributed by atoms with Crippen LogP contribution in [0.3, 0.4) is 0 Å². The lowest BCUT2D eigenvalue weighted by Gasteiger charge is -2.15. The van der Waals surface area contributed by atoms with E-state index >= 15 is 0 Å². The van der Waals surface area contributed by atoms with Crippen LogP contribution in [0, 0.1) is 10.1 Å². The second-order valence-electron chi connectivity index (χ2n) is 7.23. The predicted octanol–water partition coefficient (Wildman–Crippen LogP) is 4.68. The van der Waals surface area contributed by atoms with Crippen molar-refractivity contribution in [2.45, 2.75) is 0 Å². The number of carbonyl (C=O) groups is 2. The van der Waals surface area contributed by atoms with Crippen molar-refractivity contribution in [1.82, 2.24) is 5.32 Å². The first kappa shape index (κ1) is 26.0. The number of hydrogen-bond donors (Lipinski definition) is 2. The zero-order valence-corrected chi connectivity index (χ0v) is 20.3. The molecule has 10 nitrogen and oxygen atoms in total. The molecule has 0 aliphatic rings. The Labute approximate surface area is 211 Å². The molecule has 2 N–H and O–H groups in total. The van der Waals surface area contributed by atoms with Gasteiger partial charge in [0.2, 0.25) is 0 Å². The summed E-state index contributed by atoms with van der Waals surface area (Å²) in [5.74, 6) is -0.315. The van der Waals surface area contributed by atoms with Gasteiger partial charge in [-0.3, -0.25) is 19.7 Å². The molecular weight excluding hydrogens is 490 g/mol. The van der Waals surface area contributed by atoms with Crippen LogP contribution in [-0.2, 0) is 4.79 Å². The Morgan fingerprint density at radius 2 is 1.69 bits per heavy atom. The highest BCUT2D eigenvalue weighted by Gasteiger charge is 2.20. The third kappa shape index (κ3) is 6.30. The van der Waals surface area contributed by atoms with Gasteiger partial charge in [0.05, 0.1) is 37.5 Å². The first-order valence-electron chi connectivity index (χ1n) is 10.4. The molecule has 0 aliphatic heterocycles. The topological polar surface area (TPSA) is 129 Å². The minimum Gasteiger partial charge on any atom is -0.497 e. The lowest BCUT2D eigenvalue weighted by molar-refractivity contribution is -0.384. The monoisotopic (exact) mass is 511 g/mol. The maximum Gasteiger partial charge on any atom is 0.272 e. The number of non-ortho nitro benzene ring substituents is 1. The summed E-state index contributed by atoms with van der Waals surface area (Å²) in [5, 5.41) is 16.7. The molecular formula is C25H22ClN3O7. The molecule has 3 aromatic rings. The number of halogens is 1. The number of rotatable bonds is 9. The number of amides is 2. The van der Waals surface area contributed by atoms with Crippen molar-refractivity contribution in [2.24, 2.45) is 0 Å². The summed E-state index contributed by atoms with van der Waals surface area (Å²) in [4.78, 5) is 37.0. The highest BCUT2D eigenvalue weighted by Crippen LogP contribution is 2.29. The van der Waals surface area contributed by atoms with Crippen molar-refractivity contribution in [2.75, 3.05) is 26.6 Å². The molecule has 0 unspecified atom stereocenters. The second kappa shape index (κ2) is 11.7. The second-order valence-corrected chi connectivity index (χ2v) is 7.67. The summed E-state index contributed by atoms with van der Waals surface area (Å²) in [7, 11) is 4.31. The average molecular weight is 512 g/mol. The Morgan fingerprint density at radius 3 is 2.36 bits per heavy atom. The Kier molecular flexibility index (Phi) is 8.48. The van der Waals surface area contributed by atoms with Crippen molar-refractivity contribution in [1.29, 1.82) is 0 Å². The number of nitrogens with one attached hydrogen (secondary N) is 2. The maximum absolute atomic E-state index is 13.3. The molecule has 36 heavy (non-hydrogen) atoms. The van der Waals surface area contributed by atoms with Gasteiger partial charge < -0.3 is 24.8 Å². The summed E-state index contributed by atoms with van der Waals surface area (Å²) < 4.78 is 15.7. The van der Waals surface area contributed by atoms with E-state index in [1.54, 1.807) is 30.3 Å². The van der Waals surface area contributed by atoms with Crippen molar-refractivity contribution in [3.05, 3.63) is 92.6 Å². The molecule has 0 atom stereocenters. The number of nitro groups is 1. The summed E-state index contributed by atoms with van der Waals surface area (Å²) in [6.45, 7) is 0. The number of nitrogens with zero attached hydrogens (tertiary/aromatic N) is 1. The molecule has 0 aromatic heterocycles. The van der Waals surface area contributed by atoms with Crippen LogP contribution in [0.25, 0.3) is 6.08 Å². The van der Waals surface area contributed by atoms with Gasteiger partial charge in [0.15, 0.2) is 0 Å². The minimum atomic E-state index is -0.709. The molecule has 0 aliphatic carbocycles. The van der Waals surface area contributed by atoms with Crippen LogP contribution in [0.1, 0.15) is 15.9 Å². The highest BCUT2D eigenvalue weighted by atomic mass is 35.5. The molecule has 3 aromatic carbocycles. The number of carbonyl (C=O) groups excluding carboxylic acids is 2. The Morgan fingerprint density at radius 1 is 0.944 bits per heavy atom. The fraction of sp³-hybridized carbons (Fsp3) is 0.120. The van der Waals surface area contributed by atoms with Gasteiger partial charge in [0.25, 0.3) is 17.5 Å². The molecule has 0 heterocycles. The third-order valence-corrected chi connectivity index (χ3v) is 5.18. The van der Waals surface area contributed by atoms with Crippen LogP contribution in [0.2, 0.25) is 5.02 Å². The van der Waals surface area contributed by atoms with Crippen LogP contribution in [-0.4, -0.2) is 38.1 Å². The van der Waals surface area contributed by atoms with Gasteiger partial charge in [-0.05, 0) is 42.0 Å². The van der Waals surface area contributed by atoms with Crippen LogP contribution in [0.15, 0.2) is 66.4 Å². The number of benzene rings is 3. The van der Waals surface area contributed by atoms with E-state index in [1.807, 2.05) is 0 Å². The molecule has 0 saturated heterocycles. The van der Waals surface area contributed by atoms with Gasteiger partial charge in [-0.1, -0.05) is 23.7 Å². The molecule has 0 radical (unpaired) electrons. The quantitative estimate of drug-likeness (QED) is 0.242. The van der Waals surface area contributed by atoms with Crippen LogP contribution < -0.4 is 24.8 Å². The van der Waals surface area contributed by atoms with Gasteiger partial charge >= 0.3 is 0 Å². The first-order valence-corrected chi connectivity index (χ1v) is 10.8. The summed E-state index contributed by atoms with van der Waals surface area (Å²) in [5.41, 5.74) is 0.338. The van der Waals surface area contributed by atoms with E-state index in [4.69, 9.17) is 25.8 Å². The molecule has 0 bridgehead atoms. The average Bonchev–Trinajstić information content (AvgIpc) is 2.88. The van der Waals surface area contributed by atoms with Crippen molar-refractivity contribution < 1.29 is 28.7 Å². The molecule has 186 valence electrons. The smallest absolute Gasteiger partial charge is 0.272 e. The Balaban J connectivity index is 2.01. The van der Waals surface area contributed by atoms with E-state index in [-0.39, 0.29) is 27.7 Å². The fourth-order valence-corrected chi connectivity index (χ4v) is 3.36. The first-order chi connectivity index (χ1) is 17.2. The lowest BCUT2D eigenvalue weighted by atomic mass is 10.1. The van der Waals surface area contributed by atoms with Crippen molar-refractivity contribution in [3.8, 4) is 17.2 Å².